The zero-order valence-corrected chi connectivity index (χ0v) is 14.4. The molecule has 1 aromatic heterocycles. The molecule has 1 fully saturated rings. The van der Waals surface area contributed by atoms with E-state index in [9.17, 15) is 8.42 Å². The second kappa shape index (κ2) is 7.19. The van der Waals surface area contributed by atoms with Crippen LogP contribution in [0.3, 0.4) is 0 Å². The molecule has 21 heavy (non-hydrogen) atoms. The van der Waals surface area contributed by atoms with Gasteiger partial charge < -0.3 is 10.1 Å². The van der Waals surface area contributed by atoms with Crippen LogP contribution < -0.4 is 10.0 Å². The highest BCUT2D eigenvalue weighted by Crippen LogP contribution is 2.23. The lowest BCUT2D eigenvalue weighted by Gasteiger charge is -2.18. The number of ether oxygens (including phenoxy) is 1. The van der Waals surface area contributed by atoms with Crippen molar-refractivity contribution in [2.24, 2.45) is 5.92 Å². The van der Waals surface area contributed by atoms with E-state index in [1.807, 2.05) is 12.3 Å². The standard InChI is InChI=1S/C14H24N2O3S2/c1-10(2)15-7-12-6-14(20-9-12)21(17,18)16-11(3)13-4-5-19-8-13/h6,9-11,13,15-16H,4-5,7-8H2,1-3H3. The summed E-state index contributed by atoms with van der Waals surface area (Å²) in [6.45, 7) is 8.09. The van der Waals surface area contributed by atoms with Crippen LogP contribution in [-0.2, 0) is 21.3 Å². The van der Waals surface area contributed by atoms with Gasteiger partial charge in [0.1, 0.15) is 4.21 Å². The number of rotatable bonds is 7. The summed E-state index contributed by atoms with van der Waals surface area (Å²) in [5.74, 6) is 0.266. The van der Waals surface area contributed by atoms with Gasteiger partial charge in [0, 0.05) is 31.2 Å². The lowest BCUT2D eigenvalue weighted by atomic mass is 10.0. The van der Waals surface area contributed by atoms with Gasteiger partial charge in [0.2, 0.25) is 10.0 Å². The zero-order chi connectivity index (χ0) is 15.5. The molecular weight excluding hydrogens is 308 g/mol. The Morgan fingerprint density at radius 2 is 2.19 bits per heavy atom. The first-order valence-electron chi connectivity index (χ1n) is 7.29. The zero-order valence-electron chi connectivity index (χ0n) is 12.8. The molecule has 0 aliphatic carbocycles. The van der Waals surface area contributed by atoms with E-state index < -0.39 is 10.0 Å². The van der Waals surface area contributed by atoms with Gasteiger partial charge in [0.05, 0.1) is 6.61 Å². The van der Waals surface area contributed by atoms with Crippen molar-refractivity contribution in [1.29, 1.82) is 0 Å². The van der Waals surface area contributed by atoms with Crippen molar-refractivity contribution in [3.8, 4) is 0 Å². The fourth-order valence-electron chi connectivity index (χ4n) is 2.25. The summed E-state index contributed by atoms with van der Waals surface area (Å²) in [5.41, 5.74) is 1.01. The summed E-state index contributed by atoms with van der Waals surface area (Å²) in [7, 11) is -3.43. The maximum absolute atomic E-state index is 12.4. The van der Waals surface area contributed by atoms with Crippen LogP contribution in [0.1, 0.15) is 32.8 Å². The van der Waals surface area contributed by atoms with Crippen LogP contribution in [0, 0.1) is 5.92 Å². The molecule has 0 spiro atoms. The van der Waals surface area contributed by atoms with E-state index in [-0.39, 0.29) is 12.0 Å². The average molecular weight is 332 g/mol. The molecule has 1 saturated heterocycles. The quantitative estimate of drug-likeness (QED) is 0.801. The molecule has 2 heterocycles. The van der Waals surface area contributed by atoms with Crippen molar-refractivity contribution in [3.05, 3.63) is 17.0 Å². The molecule has 0 amide bonds. The third-order valence-corrected chi connectivity index (χ3v) is 6.67. The Labute approximate surface area is 131 Å². The Bertz CT molecular complexity index is 548. The van der Waals surface area contributed by atoms with Crippen LogP contribution in [0.25, 0.3) is 0 Å². The smallest absolute Gasteiger partial charge is 0.250 e. The number of thiophene rings is 1. The highest BCUT2D eigenvalue weighted by atomic mass is 32.2. The molecule has 2 unspecified atom stereocenters. The molecule has 0 saturated carbocycles. The normalized spacial score (nSPS) is 21.0. The second-order valence-corrected chi connectivity index (χ2v) is 8.70. The number of nitrogens with one attached hydrogen (secondary N) is 2. The topological polar surface area (TPSA) is 67.4 Å². The third kappa shape index (κ3) is 4.75. The van der Waals surface area contributed by atoms with E-state index in [2.05, 4.69) is 23.9 Å². The summed E-state index contributed by atoms with van der Waals surface area (Å²) in [6, 6.07) is 2.03. The molecule has 0 bridgehead atoms. The first-order chi connectivity index (χ1) is 9.88. The molecule has 5 nitrogen and oxygen atoms in total. The fourth-order valence-corrected chi connectivity index (χ4v) is 4.79. The van der Waals surface area contributed by atoms with Gasteiger partial charge in [0.25, 0.3) is 0 Å². The van der Waals surface area contributed by atoms with E-state index in [1.165, 1.54) is 11.3 Å². The minimum atomic E-state index is -3.43. The molecule has 1 aliphatic heterocycles. The van der Waals surface area contributed by atoms with Crippen molar-refractivity contribution >= 4 is 21.4 Å². The summed E-state index contributed by atoms with van der Waals surface area (Å²) in [6.07, 6.45) is 0.914. The summed E-state index contributed by atoms with van der Waals surface area (Å²) >= 11 is 1.27. The number of sulfonamides is 1. The predicted molar refractivity (Wildman–Crippen MR) is 85.0 cm³/mol. The van der Waals surface area contributed by atoms with Crippen LogP contribution in [0.4, 0.5) is 0 Å². The molecule has 0 aromatic carbocycles. The first kappa shape index (κ1) is 16.9. The van der Waals surface area contributed by atoms with E-state index in [0.29, 0.717) is 23.4 Å². The third-order valence-electron chi connectivity index (χ3n) is 3.62. The lowest BCUT2D eigenvalue weighted by molar-refractivity contribution is 0.180. The van der Waals surface area contributed by atoms with Crippen molar-refractivity contribution in [2.75, 3.05) is 13.2 Å². The Hall–Kier alpha value is -0.470. The highest BCUT2D eigenvalue weighted by molar-refractivity contribution is 7.91. The van der Waals surface area contributed by atoms with Gasteiger partial charge in [-0.1, -0.05) is 13.8 Å². The van der Waals surface area contributed by atoms with Gasteiger partial charge in [-0.2, -0.15) is 0 Å². The van der Waals surface area contributed by atoms with Crippen LogP contribution in [0.5, 0.6) is 0 Å². The molecule has 0 radical (unpaired) electrons. The number of hydrogen-bond donors (Lipinski definition) is 2. The van der Waals surface area contributed by atoms with E-state index in [1.54, 1.807) is 6.07 Å². The molecule has 2 N–H and O–H groups in total. The Morgan fingerprint density at radius 1 is 1.43 bits per heavy atom. The van der Waals surface area contributed by atoms with Crippen LogP contribution in [0.15, 0.2) is 15.7 Å². The molecule has 1 aliphatic rings. The Kier molecular flexibility index (Phi) is 5.79. The SMILES string of the molecule is CC(C)NCc1csc(S(=O)(=O)NC(C)C2CCOC2)c1. The summed E-state index contributed by atoms with van der Waals surface area (Å²) in [5, 5.41) is 5.18. The summed E-state index contributed by atoms with van der Waals surface area (Å²) < 4.78 is 33.3. The van der Waals surface area contributed by atoms with Crippen molar-refractivity contribution < 1.29 is 13.2 Å². The molecule has 2 atom stereocenters. The molecular formula is C14H24N2O3S2. The molecule has 120 valence electrons. The van der Waals surface area contributed by atoms with E-state index in [0.717, 1.165) is 18.6 Å². The summed E-state index contributed by atoms with van der Waals surface area (Å²) in [4.78, 5) is 0. The van der Waals surface area contributed by atoms with E-state index >= 15 is 0 Å². The van der Waals surface area contributed by atoms with E-state index in [4.69, 9.17) is 4.74 Å². The highest BCUT2D eigenvalue weighted by Gasteiger charge is 2.27. The van der Waals surface area contributed by atoms with Crippen molar-refractivity contribution in [3.63, 3.8) is 0 Å². The van der Waals surface area contributed by atoms with Gasteiger partial charge in [-0.25, -0.2) is 13.1 Å². The monoisotopic (exact) mass is 332 g/mol. The maximum Gasteiger partial charge on any atom is 0.250 e. The maximum atomic E-state index is 12.4. The molecule has 7 heteroatoms. The minimum absolute atomic E-state index is 0.100. The molecule has 1 aromatic rings. The van der Waals surface area contributed by atoms with Crippen LogP contribution >= 0.6 is 11.3 Å². The fraction of sp³-hybridized carbons (Fsp3) is 0.714. The second-order valence-electron chi connectivity index (χ2n) is 5.84. The average Bonchev–Trinajstić information content (AvgIpc) is 3.07. The Balaban J connectivity index is 1.98. The van der Waals surface area contributed by atoms with Crippen LogP contribution in [0.2, 0.25) is 0 Å². The first-order valence-corrected chi connectivity index (χ1v) is 9.65. The van der Waals surface area contributed by atoms with Gasteiger partial charge in [-0.3, -0.25) is 0 Å². The Morgan fingerprint density at radius 3 is 2.81 bits per heavy atom. The van der Waals surface area contributed by atoms with Gasteiger partial charge in [0.15, 0.2) is 0 Å². The number of hydrogen-bond acceptors (Lipinski definition) is 5. The predicted octanol–water partition coefficient (Wildman–Crippen LogP) is 1.95. The van der Waals surface area contributed by atoms with Crippen molar-refractivity contribution in [1.82, 2.24) is 10.0 Å². The van der Waals surface area contributed by atoms with Gasteiger partial charge in [-0.05, 0) is 30.4 Å². The molecule has 2 rings (SSSR count). The van der Waals surface area contributed by atoms with Gasteiger partial charge in [-0.15, -0.1) is 11.3 Å². The van der Waals surface area contributed by atoms with Gasteiger partial charge >= 0.3 is 0 Å². The largest absolute Gasteiger partial charge is 0.381 e. The van der Waals surface area contributed by atoms with Crippen molar-refractivity contribution in [2.45, 2.75) is 50.0 Å². The lowest BCUT2D eigenvalue weighted by Crippen LogP contribution is -2.38. The van der Waals surface area contributed by atoms with Crippen LogP contribution in [-0.4, -0.2) is 33.7 Å². The minimum Gasteiger partial charge on any atom is -0.381 e.